The molecule has 3 aromatic rings. The number of para-hydroxylation sites is 2. The van der Waals surface area contributed by atoms with Gasteiger partial charge in [0.25, 0.3) is 5.69 Å². The number of nitrogens with zero attached hydrogens (tertiary/aromatic N) is 1. The second-order valence-corrected chi connectivity index (χ2v) is 8.82. The van der Waals surface area contributed by atoms with Crippen molar-refractivity contribution in [3.63, 3.8) is 0 Å². The Bertz CT molecular complexity index is 1320. The minimum absolute atomic E-state index is 0.00234. The highest BCUT2D eigenvalue weighted by Crippen LogP contribution is 2.45. The SMILES string of the molecule is COc1ccc([C@H]2CC(=O)C3=C(C2)Nc2ccccc2N[C@H]3c2ccc(Cl)c([N+](=O)[O-])c2)cc1. The Balaban J connectivity index is 1.60. The summed E-state index contributed by atoms with van der Waals surface area (Å²) in [6.45, 7) is 0. The van der Waals surface area contributed by atoms with Gasteiger partial charge in [-0.2, -0.15) is 0 Å². The summed E-state index contributed by atoms with van der Waals surface area (Å²) in [5.74, 6) is 0.772. The van der Waals surface area contributed by atoms with Gasteiger partial charge < -0.3 is 15.4 Å². The molecule has 172 valence electrons. The number of Topliss-reactive ketones (excluding diaryl/α,β-unsaturated/α-hetero) is 1. The molecule has 2 atom stereocenters. The number of hydrogen-bond donors (Lipinski definition) is 2. The van der Waals surface area contributed by atoms with Gasteiger partial charge in [-0.15, -0.1) is 0 Å². The van der Waals surface area contributed by atoms with Gasteiger partial charge in [0.15, 0.2) is 5.78 Å². The van der Waals surface area contributed by atoms with E-state index in [9.17, 15) is 14.9 Å². The summed E-state index contributed by atoms with van der Waals surface area (Å²) in [4.78, 5) is 24.6. The predicted molar refractivity (Wildman–Crippen MR) is 132 cm³/mol. The largest absolute Gasteiger partial charge is 0.497 e. The molecule has 0 fully saturated rings. The third-order valence-electron chi connectivity index (χ3n) is 6.40. The Morgan fingerprint density at radius 3 is 2.41 bits per heavy atom. The van der Waals surface area contributed by atoms with E-state index in [0.717, 1.165) is 28.4 Å². The number of nitro groups is 1. The van der Waals surface area contributed by atoms with Gasteiger partial charge in [0.1, 0.15) is 10.8 Å². The fourth-order valence-electron chi connectivity index (χ4n) is 4.70. The van der Waals surface area contributed by atoms with Gasteiger partial charge in [0, 0.05) is 23.8 Å². The average Bonchev–Trinajstić information content (AvgIpc) is 3.01. The van der Waals surface area contributed by atoms with Gasteiger partial charge in [0.05, 0.1) is 29.4 Å². The molecule has 0 radical (unpaired) electrons. The number of ether oxygens (including phenoxy) is 1. The van der Waals surface area contributed by atoms with E-state index in [2.05, 4.69) is 10.6 Å². The topological polar surface area (TPSA) is 93.5 Å². The lowest BCUT2D eigenvalue weighted by Gasteiger charge is -2.30. The third-order valence-corrected chi connectivity index (χ3v) is 6.72. The van der Waals surface area contributed by atoms with Crippen LogP contribution in [0.2, 0.25) is 5.02 Å². The standard InChI is InChI=1S/C26H22ClN3O4/c1-34-18-9-6-15(7-10-18)17-12-22-25(24(31)14-17)26(29-21-5-3-2-4-20(21)28-22)16-8-11-19(27)23(13-16)30(32)33/h2-11,13,17,26,28-29H,12,14H2,1H3/t17-,26+/m1/s1. The molecule has 2 aliphatic rings. The highest BCUT2D eigenvalue weighted by molar-refractivity contribution is 6.32. The van der Waals surface area contributed by atoms with E-state index in [0.29, 0.717) is 24.0 Å². The number of methoxy groups -OCH3 is 1. The van der Waals surface area contributed by atoms with Gasteiger partial charge in [-0.25, -0.2) is 0 Å². The van der Waals surface area contributed by atoms with Crippen molar-refractivity contribution in [2.75, 3.05) is 17.7 Å². The van der Waals surface area contributed by atoms with Crippen molar-refractivity contribution in [2.24, 2.45) is 0 Å². The number of carbonyl (C=O) groups excluding carboxylic acids is 1. The van der Waals surface area contributed by atoms with Gasteiger partial charge >= 0.3 is 0 Å². The summed E-state index contributed by atoms with van der Waals surface area (Å²) in [6.07, 6.45) is 0.979. The van der Waals surface area contributed by atoms with Crippen molar-refractivity contribution in [1.29, 1.82) is 0 Å². The Kier molecular flexibility index (Phi) is 5.71. The number of nitrogens with one attached hydrogen (secondary N) is 2. The number of ketones is 1. The van der Waals surface area contributed by atoms with Crippen molar-refractivity contribution >= 4 is 34.4 Å². The summed E-state index contributed by atoms with van der Waals surface area (Å²) in [6, 6.07) is 19.6. The summed E-state index contributed by atoms with van der Waals surface area (Å²) < 4.78 is 5.26. The number of carbonyl (C=O) groups is 1. The first kappa shape index (κ1) is 22.0. The summed E-state index contributed by atoms with van der Waals surface area (Å²) >= 11 is 6.06. The Morgan fingerprint density at radius 2 is 1.71 bits per heavy atom. The van der Waals surface area contributed by atoms with Gasteiger partial charge in [-0.05, 0) is 53.8 Å². The smallest absolute Gasteiger partial charge is 0.288 e. The first-order valence-corrected chi connectivity index (χ1v) is 11.3. The first-order valence-electron chi connectivity index (χ1n) is 10.9. The fraction of sp³-hybridized carbons (Fsp3) is 0.192. The molecule has 1 aliphatic heterocycles. The van der Waals surface area contributed by atoms with Gasteiger partial charge in [-0.3, -0.25) is 14.9 Å². The van der Waals surface area contributed by atoms with Crippen LogP contribution in [0.15, 0.2) is 78.0 Å². The van der Waals surface area contributed by atoms with Crippen LogP contribution in [-0.4, -0.2) is 17.8 Å². The molecule has 8 heteroatoms. The Hall–Kier alpha value is -3.84. The maximum atomic E-state index is 13.6. The molecule has 5 rings (SSSR count). The minimum atomic E-state index is -0.550. The average molecular weight is 476 g/mol. The summed E-state index contributed by atoms with van der Waals surface area (Å²) in [7, 11) is 1.62. The van der Waals surface area contributed by atoms with Crippen LogP contribution in [-0.2, 0) is 4.79 Å². The van der Waals surface area contributed by atoms with Crippen molar-refractivity contribution in [3.05, 3.63) is 104 Å². The lowest BCUT2D eigenvalue weighted by molar-refractivity contribution is -0.384. The number of fused-ring (bicyclic) bond motifs is 1. The van der Waals surface area contributed by atoms with Crippen LogP contribution in [0.5, 0.6) is 5.75 Å². The number of hydrogen-bond acceptors (Lipinski definition) is 6. The molecular formula is C26H22ClN3O4. The molecule has 0 unspecified atom stereocenters. The fourth-order valence-corrected chi connectivity index (χ4v) is 4.89. The molecule has 7 nitrogen and oxygen atoms in total. The van der Waals surface area contributed by atoms with Crippen molar-refractivity contribution in [1.82, 2.24) is 0 Å². The minimum Gasteiger partial charge on any atom is -0.497 e. The predicted octanol–water partition coefficient (Wildman–Crippen LogP) is 6.24. The lowest BCUT2D eigenvalue weighted by Crippen LogP contribution is -2.27. The Labute approximate surface area is 201 Å². The summed E-state index contributed by atoms with van der Waals surface area (Å²) in [5.41, 5.74) is 4.56. The van der Waals surface area contributed by atoms with E-state index in [1.54, 1.807) is 13.2 Å². The molecule has 0 bridgehead atoms. The van der Waals surface area contributed by atoms with E-state index in [1.807, 2.05) is 48.5 Å². The molecule has 0 saturated carbocycles. The number of benzene rings is 3. The molecule has 1 heterocycles. The number of allylic oxidation sites excluding steroid dienone is 1. The molecule has 0 aromatic heterocycles. The molecular weight excluding hydrogens is 454 g/mol. The van der Waals surface area contributed by atoms with E-state index < -0.39 is 11.0 Å². The molecule has 1 aliphatic carbocycles. The normalized spacial score (nSPS) is 19.3. The number of halogens is 1. The maximum absolute atomic E-state index is 13.6. The quantitative estimate of drug-likeness (QED) is 0.343. The zero-order valence-electron chi connectivity index (χ0n) is 18.4. The maximum Gasteiger partial charge on any atom is 0.288 e. The monoisotopic (exact) mass is 475 g/mol. The van der Waals surface area contributed by atoms with Crippen LogP contribution in [0.4, 0.5) is 17.1 Å². The third kappa shape index (κ3) is 3.99. The van der Waals surface area contributed by atoms with E-state index >= 15 is 0 Å². The van der Waals surface area contributed by atoms with Crippen molar-refractivity contribution in [2.45, 2.75) is 24.8 Å². The van der Waals surface area contributed by atoms with Crippen LogP contribution < -0.4 is 15.4 Å². The molecule has 34 heavy (non-hydrogen) atoms. The second kappa shape index (κ2) is 8.83. The number of rotatable bonds is 4. The van der Waals surface area contributed by atoms with Crippen molar-refractivity contribution in [3.8, 4) is 5.75 Å². The zero-order valence-corrected chi connectivity index (χ0v) is 19.1. The van der Waals surface area contributed by atoms with Gasteiger partial charge in [0.2, 0.25) is 0 Å². The van der Waals surface area contributed by atoms with Crippen LogP contribution in [0.25, 0.3) is 0 Å². The molecule has 3 aromatic carbocycles. The molecule has 0 spiro atoms. The van der Waals surface area contributed by atoms with E-state index in [1.165, 1.54) is 12.1 Å². The Morgan fingerprint density at radius 1 is 1.00 bits per heavy atom. The van der Waals surface area contributed by atoms with E-state index in [-0.39, 0.29) is 22.4 Å². The second-order valence-electron chi connectivity index (χ2n) is 8.41. The van der Waals surface area contributed by atoms with Crippen LogP contribution in [0.3, 0.4) is 0 Å². The summed E-state index contributed by atoms with van der Waals surface area (Å²) in [5, 5.41) is 18.5. The molecule has 0 saturated heterocycles. The highest BCUT2D eigenvalue weighted by Gasteiger charge is 2.36. The zero-order chi connectivity index (χ0) is 23.8. The molecule has 0 amide bonds. The highest BCUT2D eigenvalue weighted by atomic mass is 35.5. The van der Waals surface area contributed by atoms with Crippen LogP contribution >= 0.6 is 11.6 Å². The van der Waals surface area contributed by atoms with E-state index in [4.69, 9.17) is 16.3 Å². The number of anilines is 2. The molecule has 2 N–H and O–H groups in total. The first-order chi connectivity index (χ1) is 16.4. The van der Waals surface area contributed by atoms with Crippen molar-refractivity contribution < 1.29 is 14.5 Å². The number of nitro benzene ring substituents is 1. The van der Waals surface area contributed by atoms with Gasteiger partial charge in [-0.1, -0.05) is 41.9 Å². The lowest BCUT2D eigenvalue weighted by atomic mass is 9.78. The van der Waals surface area contributed by atoms with Crippen LogP contribution in [0.1, 0.15) is 35.9 Å². The van der Waals surface area contributed by atoms with Crippen LogP contribution in [0, 0.1) is 10.1 Å².